The van der Waals surface area contributed by atoms with Crippen molar-refractivity contribution in [3.8, 4) is 17.6 Å². The molecule has 0 unspecified atom stereocenters. The summed E-state index contributed by atoms with van der Waals surface area (Å²) >= 11 is 0. The van der Waals surface area contributed by atoms with Gasteiger partial charge in [-0.1, -0.05) is 12.8 Å². The molecule has 1 aromatic rings. The molecule has 114 valence electrons. The van der Waals surface area contributed by atoms with Crippen LogP contribution in [0.3, 0.4) is 0 Å². The van der Waals surface area contributed by atoms with Crippen LogP contribution in [-0.2, 0) is 10.0 Å². The van der Waals surface area contributed by atoms with Gasteiger partial charge >= 0.3 is 5.97 Å². The SMILES string of the molecule is CC#CCNS(=O)(=O)c1ccc(OCCC)c(C(=O)O)c1. The Balaban J connectivity index is 3.12. The number of carboxylic acids is 1. The molecule has 0 aliphatic rings. The molecule has 0 atom stereocenters. The van der Waals surface area contributed by atoms with Crippen molar-refractivity contribution in [2.24, 2.45) is 0 Å². The van der Waals surface area contributed by atoms with Crippen LogP contribution >= 0.6 is 0 Å². The Kier molecular flexibility index (Phi) is 6.21. The van der Waals surface area contributed by atoms with Crippen molar-refractivity contribution in [3.63, 3.8) is 0 Å². The molecule has 0 aromatic heterocycles. The summed E-state index contributed by atoms with van der Waals surface area (Å²) < 4.78 is 31.6. The van der Waals surface area contributed by atoms with E-state index in [4.69, 9.17) is 9.84 Å². The summed E-state index contributed by atoms with van der Waals surface area (Å²) in [5, 5.41) is 9.15. The Bertz CT molecular complexity index is 670. The van der Waals surface area contributed by atoms with Gasteiger partial charge in [0, 0.05) is 0 Å². The van der Waals surface area contributed by atoms with Crippen LogP contribution in [0.4, 0.5) is 0 Å². The van der Waals surface area contributed by atoms with Crippen LogP contribution in [-0.4, -0.2) is 32.6 Å². The van der Waals surface area contributed by atoms with Crippen molar-refractivity contribution in [3.05, 3.63) is 23.8 Å². The van der Waals surface area contributed by atoms with Gasteiger partial charge in [0.15, 0.2) is 0 Å². The number of benzene rings is 1. The molecule has 1 aromatic carbocycles. The molecule has 0 radical (unpaired) electrons. The maximum atomic E-state index is 12.0. The Morgan fingerprint density at radius 1 is 1.43 bits per heavy atom. The van der Waals surface area contributed by atoms with Crippen LogP contribution in [0, 0.1) is 11.8 Å². The van der Waals surface area contributed by atoms with Crippen LogP contribution in [0.15, 0.2) is 23.1 Å². The minimum absolute atomic E-state index is 0.0324. The van der Waals surface area contributed by atoms with E-state index in [2.05, 4.69) is 16.6 Å². The third-order valence-electron chi connectivity index (χ3n) is 2.48. The van der Waals surface area contributed by atoms with Gasteiger partial charge in [0.25, 0.3) is 0 Å². The normalized spacial score (nSPS) is 10.6. The molecule has 2 N–H and O–H groups in total. The first-order valence-corrected chi connectivity index (χ1v) is 7.80. The van der Waals surface area contributed by atoms with E-state index in [0.717, 1.165) is 12.5 Å². The van der Waals surface area contributed by atoms with E-state index in [9.17, 15) is 13.2 Å². The number of carboxylic acid groups (broad SMARTS) is 1. The van der Waals surface area contributed by atoms with E-state index in [1.54, 1.807) is 6.92 Å². The van der Waals surface area contributed by atoms with Gasteiger partial charge < -0.3 is 9.84 Å². The molecular formula is C14H17NO5S. The van der Waals surface area contributed by atoms with Crippen molar-refractivity contribution in [2.45, 2.75) is 25.2 Å². The highest BCUT2D eigenvalue weighted by atomic mass is 32.2. The summed E-state index contributed by atoms with van der Waals surface area (Å²) in [6, 6.07) is 3.73. The smallest absolute Gasteiger partial charge is 0.339 e. The number of nitrogens with one attached hydrogen (secondary N) is 1. The number of carbonyl (C=O) groups is 1. The molecule has 0 bridgehead atoms. The quantitative estimate of drug-likeness (QED) is 0.744. The van der Waals surface area contributed by atoms with Crippen LogP contribution < -0.4 is 9.46 Å². The minimum Gasteiger partial charge on any atom is -0.493 e. The molecule has 0 saturated carbocycles. The predicted octanol–water partition coefficient (Wildman–Crippen LogP) is 1.48. The van der Waals surface area contributed by atoms with Crippen LogP contribution in [0.25, 0.3) is 0 Å². The van der Waals surface area contributed by atoms with Gasteiger partial charge in [-0.3, -0.25) is 0 Å². The van der Waals surface area contributed by atoms with Crippen LogP contribution in [0.2, 0.25) is 0 Å². The Morgan fingerprint density at radius 3 is 2.71 bits per heavy atom. The maximum Gasteiger partial charge on any atom is 0.339 e. The average molecular weight is 311 g/mol. The highest BCUT2D eigenvalue weighted by molar-refractivity contribution is 7.89. The van der Waals surface area contributed by atoms with Gasteiger partial charge in [0.1, 0.15) is 11.3 Å². The van der Waals surface area contributed by atoms with Crippen LogP contribution in [0.5, 0.6) is 5.75 Å². The molecular weight excluding hydrogens is 294 g/mol. The standard InChI is InChI=1S/C14H17NO5S/c1-3-5-8-15-21(18,19)11-6-7-13(20-9-4-2)12(10-11)14(16)17/h6-7,10,15H,4,8-9H2,1-2H3,(H,16,17). The summed E-state index contributed by atoms with van der Waals surface area (Å²) in [6.07, 6.45) is 0.719. The zero-order valence-corrected chi connectivity index (χ0v) is 12.7. The van der Waals surface area contributed by atoms with E-state index in [1.165, 1.54) is 12.1 Å². The van der Waals surface area contributed by atoms with Crippen molar-refractivity contribution < 1.29 is 23.1 Å². The van der Waals surface area contributed by atoms with Gasteiger partial charge in [-0.15, -0.1) is 5.92 Å². The summed E-state index contributed by atoms with van der Waals surface area (Å²) in [5.74, 6) is 4.04. The Hall–Kier alpha value is -2.04. The lowest BCUT2D eigenvalue weighted by Gasteiger charge is -2.10. The van der Waals surface area contributed by atoms with Crippen molar-refractivity contribution in [2.75, 3.05) is 13.2 Å². The third kappa shape index (κ3) is 4.77. The number of rotatable bonds is 7. The van der Waals surface area contributed by atoms with Crippen molar-refractivity contribution in [1.82, 2.24) is 4.72 Å². The minimum atomic E-state index is -3.80. The number of aromatic carboxylic acids is 1. The third-order valence-corrected chi connectivity index (χ3v) is 3.88. The van der Waals surface area contributed by atoms with Gasteiger partial charge in [-0.2, -0.15) is 4.72 Å². The summed E-state index contributed by atoms with van der Waals surface area (Å²) in [7, 11) is -3.80. The first-order valence-electron chi connectivity index (χ1n) is 6.31. The summed E-state index contributed by atoms with van der Waals surface area (Å²) in [5.41, 5.74) is -0.187. The largest absolute Gasteiger partial charge is 0.493 e. The first-order chi connectivity index (χ1) is 9.92. The predicted molar refractivity (Wildman–Crippen MR) is 77.8 cm³/mol. The zero-order chi connectivity index (χ0) is 15.9. The molecule has 6 nitrogen and oxygen atoms in total. The lowest BCUT2D eigenvalue weighted by molar-refractivity contribution is 0.0692. The Labute approximate surface area is 124 Å². The first kappa shape index (κ1) is 17.0. The molecule has 0 heterocycles. The van der Waals surface area contributed by atoms with Gasteiger partial charge in [-0.25, -0.2) is 13.2 Å². The monoisotopic (exact) mass is 311 g/mol. The Morgan fingerprint density at radius 2 is 2.14 bits per heavy atom. The summed E-state index contributed by atoms with van der Waals surface area (Å²) in [6.45, 7) is 3.81. The topological polar surface area (TPSA) is 92.7 Å². The van der Waals surface area contributed by atoms with E-state index in [0.29, 0.717) is 6.61 Å². The second kappa shape index (κ2) is 7.67. The van der Waals surface area contributed by atoms with E-state index < -0.39 is 16.0 Å². The fraction of sp³-hybridized carbons (Fsp3) is 0.357. The lowest BCUT2D eigenvalue weighted by Crippen LogP contribution is -2.24. The molecule has 0 aliphatic heterocycles. The molecule has 0 fully saturated rings. The molecule has 0 aliphatic carbocycles. The molecule has 7 heteroatoms. The molecule has 1 rings (SSSR count). The van der Waals surface area contributed by atoms with Crippen LogP contribution in [0.1, 0.15) is 30.6 Å². The fourth-order valence-corrected chi connectivity index (χ4v) is 2.43. The zero-order valence-electron chi connectivity index (χ0n) is 11.8. The number of hydrogen-bond donors (Lipinski definition) is 2. The number of hydrogen-bond acceptors (Lipinski definition) is 4. The highest BCUT2D eigenvalue weighted by Gasteiger charge is 2.19. The van der Waals surface area contributed by atoms with Crippen molar-refractivity contribution in [1.29, 1.82) is 0 Å². The molecule has 21 heavy (non-hydrogen) atoms. The molecule has 0 spiro atoms. The van der Waals surface area contributed by atoms with E-state index >= 15 is 0 Å². The lowest BCUT2D eigenvalue weighted by atomic mass is 10.2. The van der Waals surface area contributed by atoms with E-state index in [-0.39, 0.29) is 22.8 Å². The van der Waals surface area contributed by atoms with Crippen molar-refractivity contribution >= 4 is 16.0 Å². The van der Waals surface area contributed by atoms with E-state index in [1.807, 2.05) is 6.92 Å². The summed E-state index contributed by atoms with van der Waals surface area (Å²) in [4.78, 5) is 11.1. The highest BCUT2D eigenvalue weighted by Crippen LogP contribution is 2.23. The van der Waals surface area contributed by atoms with Gasteiger partial charge in [-0.05, 0) is 31.5 Å². The fourth-order valence-electron chi connectivity index (χ4n) is 1.48. The number of ether oxygens (including phenoxy) is 1. The molecule has 0 saturated heterocycles. The second-order valence-electron chi connectivity index (χ2n) is 4.06. The van der Waals surface area contributed by atoms with Gasteiger partial charge in [0.05, 0.1) is 18.0 Å². The molecule has 0 amide bonds. The maximum absolute atomic E-state index is 12.0. The average Bonchev–Trinajstić information content (AvgIpc) is 2.44. The number of sulfonamides is 1. The van der Waals surface area contributed by atoms with Gasteiger partial charge in [0.2, 0.25) is 10.0 Å². The second-order valence-corrected chi connectivity index (χ2v) is 5.83.